The number of rotatable bonds is 3. The van der Waals surface area contributed by atoms with Crippen molar-refractivity contribution in [3.05, 3.63) is 18.7 Å². The molecule has 6 heteroatoms. The van der Waals surface area contributed by atoms with Crippen LogP contribution in [0.2, 0.25) is 0 Å². The molecule has 1 aliphatic heterocycles. The third kappa shape index (κ3) is 3.66. The minimum absolute atomic E-state index is 0.0536. The molecule has 0 radical (unpaired) electrons. The van der Waals surface area contributed by atoms with Crippen LogP contribution in [0.4, 0.5) is 4.79 Å². The lowest BCUT2D eigenvalue weighted by Crippen LogP contribution is -2.48. The van der Waals surface area contributed by atoms with Gasteiger partial charge in [0, 0.05) is 49.6 Å². The van der Waals surface area contributed by atoms with Gasteiger partial charge in [-0.3, -0.25) is 0 Å². The Morgan fingerprint density at radius 3 is 2.94 bits per heavy atom. The first-order chi connectivity index (χ1) is 8.25. The molecule has 1 atom stereocenters. The Labute approximate surface area is 106 Å². The highest BCUT2D eigenvalue weighted by Gasteiger charge is 2.17. The average Bonchev–Trinajstić information content (AvgIpc) is 2.82. The summed E-state index contributed by atoms with van der Waals surface area (Å²) in [7, 11) is 0. The molecule has 2 rings (SSSR count). The van der Waals surface area contributed by atoms with Gasteiger partial charge in [-0.1, -0.05) is 0 Å². The largest absolute Gasteiger partial charge is 0.335 e. The molecular formula is C11H18N4OS. The monoisotopic (exact) mass is 254 g/mol. The van der Waals surface area contributed by atoms with Gasteiger partial charge in [0.05, 0.1) is 6.33 Å². The Morgan fingerprint density at radius 1 is 1.53 bits per heavy atom. The summed E-state index contributed by atoms with van der Waals surface area (Å²) < 4.78 is 1.97. The molecule has 1 unspecified atom stereocenters. The van der Waals surface area contributed by atoms with Crippen molar-refractivity contribution in [2.24, 2.45) is 0 Å². The number of carbonyl (C=O) groups excluding carboxylic acids is 1. The summed E-state index contributed by atoms with van der Waals surface area (Å²) in [5.74, 6) is 2.09. The van der Waals surface area contributed by atoms with Crippen LogP contribution in [0, 0.1) is 0 Å². The number of hydrogen-bond acceptors (Lipinski definition) is 3. The fraction of sp³-hybridized carbons (Fsp3) is 0.636. The fourth-order valence-electron chi connectivity index (χ4n) is 1.83. The van der Waals surface area contributed by atoms with Gasteiger partial charge >= 0.3 is 6.03 Å². The van der Waals surface area contributed by atoms with E-state index < -0.39 is 0 Å². The van der Waals surface area contributed by atoms with Gasteiger partial charge in [-0.2, -0.15) is 11.8 Å². The number of nitrogens with one attached hydrogen (secondary N) is 1. The number of imidazole rings is 1. The molecule has 1 fully saturated rings. The van der Waals surface area contributed by atoms with Gasteiger partial charge in [0.1, 0.15) is 0 Å². The summed E-state index contributed by atoms with van der Waals surface area (Å²) in [6.07, 6.45) is 5.41. The molecule has 1 aliphatic rings. The molecule has 0 spiro atoms. The van der Waals surface area contributed by atoms with Crippen LogP contribution < -0.4 is 5.32 Å². The zero-order chi connectivity index (χ0) is 12.1. The molecule has 0 bridgehead atoms. The summed E-state index contributed by atoms with van der Waals surface area (Å²) in [5.41, 5.74) is 0. The molecule has 2 amide bonds. The van der Waals surface area contributed by atoms with Crippen molar-refractivity contribution in [1.82, 2.24) is 19.8 Å². The normalized spacial score (nSPS) is 17.8. The molecule has 0 aromatic carbocycles. The molecule has 1 aromatic rings. The lowest BCUT2D eigenvalue weighted by atomic mass is 10.3. The van der Waals surface area contributed by atoms with Gasteiger partial charge in [-0.25, -0.2) is 9.78 Å². The minimum Gasteiger partial charge on any atom is -0.335 e. The molecule has 2 heterocycles. The van der Waals surface area contributed by atoms with Crippen LogP contribution in [0.25, 0.3) is 0 Å². The Morgan fingerprint density at radius 2 is 2.29 bits per heavy atom. The maximum atomic E-state index is 11.9. The third-order valence-corrected chi connectivity index (χ3v) is 3.65. The number of aromatic nitrogens is 2. The van der Waals surface area contributed by atoms with Crippen LogP contribution >= 0.6 is 11.8 Å². The van der Waals surface area contributed by atoms with Crippen molar-refractivity contribution in [1.29, 1.82) is 0 Å². The summed E-state index contributed by atoms with van der Waals surface area (Å²) >= 11 is 1.90. The van der Waals surface area contributed by atoms with Gasteiger partial charge in [0.2, 0.25) is 0 Å². The molecule has 94 valence electrons. The average molecular weight is 254 g/mol. The fourth-order valence-corrected chi connectivity index (χ4v) is 2.73. The van der Waals surface area contributed by atoms with Gasteiger partial charge in [0.15, 0.2) is 0 Å². The molecule has 1 aromatic heterocycles. The number of urea groups is 1. The van der Waals surface area contributed by atoms with Crippen molar-refractivity contribution in [2.75, 3.05) is 24.6 Å². The van der Waals surface area contributed by atoms with E-state index in [4.69, 9.17) is 0 Å². The topological polar surface area (TPSA) is 50.2 Å². The number of hydrogen-bond donors (Lipinski definition) is 1. The molecule has 17 heavy (non-hydrogen) atoms. The summed E-state index contributed by atoms with van der Waals surface area (Å²) in [6.45, 7) is 4.48. The number of amides is 2. The smallest absolute Gasteiger partial charge is 0.317 e. The minimum atomic E-state index is 0.0536. The van der Waals surface area contributed by atoms with Crippen molar-refractivity contribution in [3.8, 4) is 0 Å². The molecule has 5 nitrogen and oxygen atoms in total. The maximum Gasteiger partial charge on any atom is 0.317 e. The van der Waals surface area contributed by atoms with Crippen molar-refractivity contribution in [3.63, 3.8) is 0 Å². The van der Waals surface area contributed by atoms with Gasteiger partial charge in [-0.05, 0) is 6.92 Å². The highest BCUT2D eigenvalue weighted by Crippen LogP contribution is 2.09. The maximum absolute atomic E-state index is 11.9. The number of carbonyl (C=O) groups is 1. The van der Waals surface area contributed by atoms with E-state index in [1.54, 1.807) is 12.5 Å². The zero-order valence-corrected chi connectivity index (χ0v) is 10.8. The first kappa shape index (κ1) is 12.3. The van der Waals surface area contributed by atoms with Crippen LogP contribution in [0.3, 0.4) is 0 Å². The predicted octanol–water partition coefficient (Wildman–Crippen LogP) is 1.03. The van der Waals surface area contributed by atoms with Crippen molar-refractivity contribution in [2.45, 2.75) is 19.5 Å². The molecule has 0 saturated carbocycles. The molecule has 0 aliphatic carbocycles. The second-order valence-electron chi connectivity index (χ2n) is 4.21. The highest BCUT2D eigenvalue weighted by atomic mass is 32.2. The van der Waals surface area contributed by atoms with E-state index in [9.17, 15) is 4.79 Å². The summed E-state index contributed by atoms with van der Waals surface area (Å²) in [6, 6.07) is 0.171. The van der Waals surface area contributed by atoms with E-state index in [0.717, 1.165) is 31.1 Å². The zero-order valence-electron chi connectivity index (χ0n) is 10.0. The number of nitrogens with zero attached hydrogens (tertiary/aromatic N) is 3. The Bertz CT molecular complexity index is 348. The predicted molar refractivity (Wildman–Crippen MR) is 69.1 cm³/mol. The van der Waals surface area contributed by atoms with Crippen LogP contribution in [0.1, 0.15) is 6.92 Å². The van der Waals surface area contributed by atoms with Crippen LogP contribution in [-0.4, -0.2) is 51.1 Å². The SMILES string of the molecule is CC(Cn1ccnc1)NC(=O)N1CCSCC1. The first-order valence-corrected chi connectivity index (χ1v) is 7.00. The quantitative estimate of drug-likeness (QED) is 0.876. The Hall–Kier alpha value is -1.17. The second kappa shape index (κ2) is 5.95. The first-order valence-electron chi connectivity index (χ1n) is 5.84. The van der Waals surface area contributed by atoms with E-state index in [2.05, 4.69) is 10.3 Å². The van der Waals surface area contributed by atoms with Crippen LogP contribution in [0.5, 0.6) is 0 Å². The standard InChI is InChI=1S/C11H18N4OS/c1-10(8-14-3-2-12-9-14)13-11(16)15-4-6-17-7-5-15/h2-3,9-10H,4-8H2,1H3,(H,13,16). The lowest BCUT2D eigenvalue weighted by Gasteiger charge is -2.28. The number of thioether (sulfide) groups is 1. The van der Waals surface area contributed by atoms with Crippen LogP contribution in [-0.2, 0) is 6.54 Å². The Kier molecular flexibility index (Phi) is 4.30. The lowest BCUT2D eigenvalue weighted by molar-refractivity contribution is 0.198. The van der Waals surface area contributed by atoms with Crippen LogP contribution in [0.15, 0.2) is 18.7 Å². The molecular weight excluding hydrogens is 236 g/mol. The second-order valence-corrected chi connectivity index (χ2v) is 5.43. The van der Waals surface area contributed by atoms with Crippen molar-refractivity contribution < 1.29 is 4.79 Å². The summed E-state index contributed by atoms with van der Waals surface area (Å²) in [5, 5.41) is 3.02. The van der Waals surface area contributed by atoms with Crippen molar-refractivity contribution >= 4 is 17.8 Å². The summed E-state index contributed by atoms with van der Waals surface area (Å²) in [4.78, 5) is 17.8. The van der Waals surface area contributed by atoms with E-state index >= 15 is 0 Å². The van der Waals surface area contributed by atoms with E-state index in [0.29, 0.717) is 0 Å². The van der Waals surface area contributed by atoms with Gasteiger partial charge in [-0.15, -0.1) is 0 Å². The molecule has 1 N–H and O–H groups in total. The van der Waals surface area contributed by atoms with E-state index in [1.165, 1.54) is 0 Å². The van der Waals surface area contributed by atoms with Gasteiger partial charge < -0.3 is 14.8 Å². The third-order valence-electron chi connectivity index (χ3n) is 2.71. The molecule has 1 saturated heterocycles. The van der Waals surface area contributed by atoms with E-state index in [1.807, 2.05) is 34.3 Å². The Balaban J connectivity index is 1.77. The van der Waals surface area contributed by atoms with E-state index in [-0.39, 0.29) is 12.1 Å². The van der Waals surface area contributed by atoms with Gasteiger partial charge in [0.25, 0.3) is 0 Å². The highest BCUT2D eigenvalue weighted by molar-refractivity contribution is 7.99.